The SMILES string of the molecule is CCC(C)C(NC(=O)NC(C)c1ccsc1)C(=O)O. The summed E-state index contributed by atoms with van der Waals surface area (Å²) in [7, 11) is 0. The standard InChI is InChI=1S/C13H20N2O3S/c1-4-8(2)11(12(16)17)15-13(18)14-9(3)10-5-6-19-7-10/h5-9,11H,4H2,1-3H3,(H,16,17)(H2,14,15,18). The first kappa shape index (κ1) is 15.5. The topological polar surface area (TPSA) is 78.4 Å². The zero-order valence-corrected chi connectivity index (χ0v) is 12.2. The lowest BCUT2D eigenvalue weighted by molar-refractivity contribution is -0.140. The van der Waals surface area contributed by atoms with Gasteiger partial charge >= 0.3 is 12.0 Å². The van der Waals surface area contributed by atoms with Gasteiger partial charge in [-0.3, -0.25) is 0 Å². The van der Waals surface area contributed by atoms with Crippen LogP contribution in [-0.4, -0.2) is 23.1 Å². The fourth-order valence-electron chi connectivity index (χ4n) is 1.67. The lowest BCUT2D eigenvalue weighted by Gasteiger charge is -2.21. The molecule has 0 aliphatic rings. The highest BCUT2D eigenvalue weighted by molar-refractivity contribution is 7.07. The lowest BCUT2D eigenvalue weighted by Crippen LogP contribution is -2.49. The average Bonchev–Trinajstić information content (AvgIpc) is 2.88. The van der Waals surface area contributed by atoms with E-state index in [0.717, 1.165) is 5.56 Å². The molecule has 0 aliphatic heterocycles. The second-order valence-corrected chi connectivity index (χ2v) is 5.38. The van der Waals surface area contributed by atoms with Crippen molar-refractivity contribution in [3.63, 3.8) is 0 Å². The van der Waals surface area contributed by atoms with Gasteiger partial charge in [0, 0.05) is 0 Å². The van der Waals surface area contributed by atoms with Crippen molar-refractivity contribution in [3.05, 3.63) is 22.4 Å². The second-order valence-electron chi connectivity index (χ2n) is 4.60. The molecule has 0 fully saturated rings. The third kappa shape index (κ3) is 4.55. The largest absolute Gasteiger partial charge is 0.480 e. The van der Waals surface area contributed by atoms with Gasteiger partial charge in [-0.15, -0.1) is 0 Å². The van der Waals surface area contributed by atoms with Crippen LogP contribution in [-0.2, 0) is 4.79 Å². The summed E-state index contributed by atoms with van der Waals surface area (Å²) >= 11 is 1.56. The molecule has 0 aromatic carbocycles. The summed E-state index contributed by atoms with van der Waals surface area (Å²) in [6.45, 7) is 5.57. The summed E-state index contributed by atoms with van der Waals surface area (Å²) in [6.07, 6.45) is 0.692. The van der Waals surface area contributed by atoms with Gasteiger partial charge in [0.1, 0.15) is 6.04 Å². The zero-order chi connectivity index (χ0) is 14.4. The highest BCUT2D eigenvalue weighted by Gasteiger charge is 2.25. The van der Waals surface area contributed by atoms with Gasteiger partial charge in [-0.25, -0.2) is 9.59 Å². The van der Waals surface area contributed by atoms with Crippen LogP contribution in [0.2, 0.25) is 0 Å². The number of carbonyl (C=O) groups excluding carboxylic acids is 1. The number of urea groups is 1. The number of carbonyl (C=O) groups is 2. The van der Waals surface area contributed by atoms with Gasteiger partial charge in [-0.1, -0.05) is 20.3 Å². The van der Waals surface area contributed by atoms with Crippen LogP contribution < -0.4 is 10.6 Å². The minimum absolute atomic E-state index is 0.111. The molecule has 1 rings (SSSR count). The fraction of sp³-hybridized carbons (Fsp3) is 0.538. The van der Waals surface area contributed by atoms with E-state index in [1.54, 1.807) is 18.3 Å². The summed E-state index contributed by atoms with van der Waals surface area (Å²) in [5.41, 5.74) is 1.01. The van der Waals surface area contributed by atoms with Gasteiger partial charge in [-0.05, 0) is 35.2 Å². The van der Waals surface area contributed by atoms with Crippen molar-refractivity contribution in [1.29, 1.82) is 0 Å². The Morgan fingerprint density at radius 1 is 1.37 bits per heavy atom. The normalized spacial score (nSPS) is 15.3. The molecule has 1 aromatic rings. The molecule has 0 saturated carbocycles. The number of nitrogens with one attached hydrogen (secondary N) is 2. The predicted octanol–water partition coefficient (Wildman–Crippen LogP) is 2.61. The highest BCUT2D eigenvalue weighted by Crippen LogP contribution is 2.15. The molecule has 106 valence electrons. The van der Waals surface area contributed by atoms with Crippen LogP contribution in [0.25, 0.3) is 0 Å². The molecule has 0 radical (unpaired) electrons. The number of hydrogen-bond acceptors (Lipinski definition) is 3. The molecule has 3 unspecified atom stereocenters. The first-order chi connectivity index (χ1) is 8.95. The van der Waals surface area contributed by atoms with Crippen molar-refractivity contribution in [2.45, 2.75) is 39.3 Å². The van der Waals surface area contributed by atoms with Crippen molar-refractivity contribution < 1.29 is 14.7 Å². The molecule has 1 heterocycles. The van der Waals surface area contributed by atoms with E-state index in [0.29, 0.717) is 6.42 Å². The fourth-order valence-corrected chi connectivity index (χ4v) is 2.42. The first-order valence-electron chi connectivity index (χ1n) is 6.27. The Hall–Kier alpha value is -1.56. The first-order valence-corrected chi connectivity index (χ1v) is 7.21. The van der Waals surface area contributed by atoms with E-state index >= 15 is 0 Å². The van der Waals surface area contributed by atoms with Crippen molar-refractivity contribution in [1.82, 2.24) is 10.6 Å². The van der Waals surface area contributed by atoms with E-state index in [2.05, 4.69) is 10.6 Å². The maximum Gasteiger partial charge on any atom is 0.326 e. The Morgan fingerprint density at radius 3 is 2.53 bits per heavy atom. The number of aliphatic carboxylic acids is 1. The zero-order valence-electron chi connectivity index (χ0n) is 11.3. The monoisotopic (exact) mass is 284 g/mol. The molecule has 0 aliphatic carbocycles. The number of carboxylic acids is 1. The van der Waals surface area contributed by atoms with E-state index in [1.807, 2.05) is 30.7 Å². The van der Waals surface area contributed by atoms with Gasteiger partial charge in [0.15, 0.2) is 0 Å². The second kappa shape index (κ2) is 7.13. The quantitative estimate of drug-likeness (QED) is 0.751. The summed E-state index contributed by atoms with van der Waals surface area (Å²) in [6, 6.07) is 0.475. The predicted molar refractivity (Wildman–Crippen MR) is 75.3 cm³/mol. The van der Waals surface area contributed by atoms with Gasteiger partial charge in [0.25, 0.3) is 0 Å². The van der Waals surface area contributed by atoms with Crippen LogP contribution in [0, 0.1) is 5.92 Å². The van der Waals surface area contributed by atoms with E-state index in [-0.39, 0.29) is 12.0 Å². The molecular weight excluding hydrogens is 264 g/mol. The number of hydrogen-bond donors (Lipinski definition) is 3. The molecule has 0 spiro atoms. The Labute approximate surface area is 117 Å². The molecule has 3 N–H and O–H groups in total. The smallest absolute Gasteiger partial charge is 0.326 e. The van der Waals surface area contributed by atoms with Crippen LogP contribution in [0.4, 0.5) is 4.79 Å². The number of thiophene rings is 1. The van der Waals surface area contributed by atoms with Gasteiger partial charge in [-0.2, -0.15) is 11.3 Å². The van der Waals surface area contributed by atoms with Gasteiger partial charge in [0.05, 0.1) is 6.04 Å². The van der Waals surface area contributed by atoms with Crippen molar-refractivity contribution in [3.8, 4) is 0 Å². The number of amides is 2. The number of rotatable bonds is 6. The van der Waals surface area contributed by atoms with Crippen LogP contribution in [0.15, 0.2) is 16.8 Å². The van der Waals surface area contributed by atoms with E-state index in [9.17, 15) is 9.59 Å². The van der Waals surface area contributed by atoms with Crippen molar-refractivity contribution in [2.24, 2.45) is 5.92 Å². The van der Waals surface area contributed by atoms with Crippen molar-refractivity contribution in [2.75, 3.05) is 0 Å². The summed E-state index contributed by atoms with van der Waals surface area (Å²) in [5.74, 6) is -1.12. The molecule has 2 amide bonds. The maximum absolute atomic E-state index is 11.8. The summed E-state index contributed by atoms with van der Waals surface area (Å²) in [5, 5.41) is 18.2. The molecule has 19 heavy (non-hydrogen) atoms. The molecule has 0 bridgehead atoms. The Morgan fingerprint density at radius 2 is 2.05 bits per heavy atom. The third-order valence-electron chi connectivity index (χ3n) is 3.16. The van der Waals surface area contributed by atoms with E-state index < -0.39 is 18.0 Å². The van der Waals surface area contributed by atoms with Gasteiger partial charge in [0.2, 0.25) is 0 Å². The molecule has 3 atom stereocenters. The third-order valence-corrected chi connectivity index (χ3v) is 3.86. The molecule has 1 aromatic heterocycles. The van der Waals surface area contributed by atoms with E-state index in [1.165, 1.54) is 0 Å². The summed E-state index contributed by atoms with van der Waals surface area (Å²) < 4.78 is 0. The minimum atomic E-state index is -1.01. The molecule has 0 saturated heterocycles. The Kier molecular flexibility index (Phi) is 5.82. The van der Waals surface area contributed by atoms with Crippen molar-refractivity contribution >= 4 is 23.3 Å². The van der Waals surface area contributed by atoms with Crippen LogP contribution in [0.1, 0.15) is 38.8 Å². The van der Waals surface area contributed by atoms with E-state index in [4.69, 9.17) is 5.11 Å². The molecule has 6 heteroatoms. The number of carboxylic acid groups (broad SMARTS) is 1. The lowest BCUT2D eigenvalue weighted by atomic mass is 9.99. The minimum Gasteiger partial charge on any atom is -0.480 e. The highest BCUT2D eigenvalue weighted by atomic mass is 32.1. The Bertz CT molecular complexity index is 420. The Balaban J connectivity index is 2.56. The van der Waals surface area contributed by atoms with Gasteiger partial charge < -0.3 is 15.7 Å². The average molecular weight is 284 g/mol. The van der Waals surface area contributed by atoms with Crippen LogP contribution in [0.3, 0.4) is 0 Å². The maximum atomic E-state index is 11.8. The van der Waals surface area contributed by atoms with Crippen LogP contribution >= 0.6 is 11.3 Å². The summed E-state index contributed by atoms with van der Waals surface area (Å²) in [4.78, 5) is 22.9. The van der Waals surface area contributed by atoms with Crippen LogP contribution in [0.5, 0.6) is 0 Å². The molecular formula is C13H20N2O3S. The molecule has 5 nitrogen and oxygen atoms in total.